The molecule has 1 heterocycles. The van der Waals surface area contributed by atoms with Crippen molar-refractivity contribution in [2.24, 2.45) is 0 Å². The van der Waals surface area contributed by atoms with E-state index in [9.17, 15) is 0 Å². The second-order valence-corrected chi connectivity index (χ2v) is 20.1. The van der Waals surface area contributed by atoms with Gasteiger partial charge in [-0.25, -0.2) is 0 Å². The summed E-state index contributed by atoms with van der Waals surface area (Å²) in [6.45, 7) is 9.55. The second-order valence-electron chi connectivity index (χ2n) is 20.1. The molecule has 1 atom stereocenters. The fourth-order valence-corrected chi connectivity index (χ4v) is 11.6. The molecule has 13 rings (SSSR count). The minimum Gasteiger partial charge on any atom is -0.456 e. The van der Waals surface area contributed by atoms with Crippen LogP contribution >= 0.6 is 0 Å². The molecule has 2 aliphatic rings. The SMILES string of the molecule is CC1(C)c2cc(/C=C/C(c3ccc(-c4ccc5ccccc5c4)cc3)c3ccc4c(c3)C(C)(C)c3cc(-c5ccccc5)ccc3-4)ccc2-c2ccc(-c3ccc4c(c3)oc3ccccc34)cc21. The van der Waals surface area contributed by atoms with Gasteiger partial charge in [-0.1, -0.05) is 216 Å². The zero-order valence-electron chi connectivity index (χ0n) is 38.8. The van der Waals surface area contributed by atoms with E-state index in [-0.39, 0.29) is 16.7 Å². The summed E-state index contributed by atoms with van der Waals surface area (Å²) < 4.78 is 6.30. The largest absolute Gasteiger partial charge is 0.456 e. The Morgan fingerprint density at radius 1 is 0.353 bits per heavy atom. The maximum atomic E-state index is 6.30. The first-order chi connectivity index (χ1) is 33.2. The molecule has 1 nitrogen and oxygen atoms in total. The van der Waals surface area contributed by atoms with Crippen molar-refractivity contribution >= 4 is 38.8 Å². The van der Waals surface area contributed by atoms with Gasteiger partial charge in [0.1, 0.15) is 11.2 Å². The molecule has 1 unspecified atom stereocenters. The van der Waals surface area contributed by atoms with Crippen molar-refractivity contribution in [2.75, 3.05) is 0 Å². The highest BCUT2D eigenvalue weighted by Gasteiger charge is 2.37. The third-order valence-electron chi connectivity index (χ3n) is 15.4. The van der Waals surface area contributed by atoms with Crippen LogP contribution in [0.4, 0.5) is 0 Å². The Balaban J connectivity index is 0.857. The Kier molecular flexibility index (Phi) is 9.05. The first-order valence-corrected chi connectivity index (χ1v) is 24.0. The van der Waals surface area contributed by atoms with Crippen molar-refractivity contribution in [3.8, 4) is 55.6 Å². The summed E-state index contributed by atoms with van der Waals surface area (Å²) in [5.74, 6) is 0.0375. The van der Waals surface area contributed by atoms with Crippen LogP contribution in [0.2, 0.25) is 0 Å². The van der Waals surface area contributed by atoms with Crippen LogP contribution < -0.4 is 0 Å². The van der Waals surface area contributed by atoms with E-state index in [1.54, 1.807) is 0 Å². The molecule has 0 radical (unpaired) electrons. The van der Waals surface area contributed by atoms with Gasteiger partial charge in [0.2, 0.25) is 0 Å². The zero-order valence-corrected chi connectivity index (χ0v) is 38.8. The van der Waals surface area contributed by atoms with Gasteiger partial charge < -0.3 is 4.42 Å². The Morgan fingerprint density at radius 2 is 0.853 bits per heavy atom. The maximum Gasteiger partial charge on any atom is 0.136 e. The molecule has 0 bridgehead atoms. The molecule has 68 heavy (non-hydrogen) atoms. The highest BCUT2D eigenvalue weighted by molar-refractivity contribution is 6.06. The summed E-state index contributed by atoms with van der Waals surface area (Å²) in [6, 6.07) is 78.7. The Bertz CT molecular complexity index is 3840. The Morgan fingerprint density at radius 3 is 1.60 bits per heavy atom. The minimum absolute atomic E-state index is 0.0375. The van der Waals surface area contributed by atoms with E-state index >= 15 is 0 Å². The van der Waals surface area contributed by atoms with Crippen LogP contribution in [0.5, 0.6) is 0 Å². The number of hydrogen-bond donors (Lipinski definition) is 0. The van der Waals surface area contributed by atoms with Crippen molar-refractivity contribution in [1.82, 2.24) is 0 Å². The summed E-state index contributed by atoms with van der Waals surface area (Å²) in [6.07, 6.45) is 4.78. The summed E-state index contributed by atoms with van der Waals surface area (Å²) in [4.78, 5) is 0. The number of furan rings is 1. The van der Waals surface area contributed by atoms with E-state index in [1.807, 2.05) is 12.1 Å². The monoisotopic (exact) mass is 870 g/mol. The lowest BCUT2D eigenvalue weighted by atomic mass is 9.79. The number of benzene rings is 10. The molecule has 0 spiro atoms. The molecule has 0 amide bonds. The predicted molar refractivity (Wildman–Crippen MR) is 286 cm³/mol. The van der Waals surface area contributed by atoms with Gasteiger partial charge in [0.25, 0.3) is 0 Å². The normalized spacial score (nSPS) is 14.6. The lowest BCUT2D eigenvalue weighted by molar-refractivity contribution is 0.659. The average Bonchev–Trinajstić information content (AvgIpc) is 3.95. The molecule has 1 heteroatoms. The quantitative estimate of drug-likeness (QED) is 0.156. The predicted octanol–water partition coefficient (Wildman–Crippen LogP) is 18.2. The third kappa shape index (κ3) is 6.44. The smallest absolute Gasteiger partial charge is 0.136 e. The molecule has 2 aliphatic carbocycles. The molecule has 324 valence electrons. The van der Waals surface area contributed by atoms with Crippen LogP contribution in [0.25, 0.3) is 94.4 Å². The van der Waals surface area contributed by atoms with Crippen molar-refractivity contribution in [1.29, 1.82) is 0 Å². The standard InChI is InChI=1S/C67H50O/c1-66(2)60-36-42(19-31-54(60)55-33-27-50(39-62(55)66)51-28-35-59-58-16-10-11-17-64(58)68-65(59)41-51)18-30-53(46-23-20-45(21-24-46)48-25-22-44-14-8-9-15-47(44)37-48)52-29-34-57-56-32-26-49(43-12-6-5-7-13-43)38-61(56)67(3,4)63(57)40-52/h5-41,53H,1-4H3/b30-18+. The first kappa shape index (κ1) is 40.3. The molecule has 11 aromatic rings. The van der Waals surface area contributed by atoms with Gasteiger partial charge in [0, 0.05) is 27.5 Å². The van der Waals surface area contributed by atoms with Gasteiger partial charge in [0.15, 0.2) is 0 Å². The van der Waals surface area contributed by atoms with Crippen LogP contribution in [0, 0.1) is 0 Å². The number of allylic oxidation sites excluding steroid dienone is 1. The summed E-state index contributed by atoms with van der Waals surface area (Å²) in [5.41, 5.74) is 23.4. The van der Waals surface area contributed by atoms with Gasteiger partial charge in [-0.05, 0) is 142 Å². The number of hydrogen-bond acceptors (Lipinski definition) is 1. The molecule has 0 N–H and O–H groups in total. The van der Waals surface area contributed by atoms with Gasteiger partial charge in [-0.3, -0.25) is 0 Å². The van der Waals surface area contributed by atoms with Gasteiger partial charge in [-0.15, -0.1) is 0 Å². The molecule has 0 saturated heterocycles. The van der Waals surface area contributed by atoms with Crippen LogP contribution in [0.15, 0.2) is 223 Å². The first-order valence-electron chi connectivity index (χ1n) is 24.0. The summed E-state index contributed by atoms with van der Waals surface area (Å²) >= 11 is 0. The Labute approximate surface area is 398 Å². The fourth-order valence-electron chi connectivity index (χ4n) is 11.6. The van der Waals surface area contributed by atoms with Crippen molar-refractivity contribution in [3.63, 3.8) is 0 Å². The zero-order chi connectivity index (χ0) is 45.7. The third-order valence-corrected chi connectivity index (χ3v) is 15.4. The van der Waals surface area contributed by atoms with E-state index in [0.717, 1.165) is 21.9 Å². The molecule has 0 saturated carbocycles. The van der Waals surface area contributed by atoms with E-state index in [0.29, 0.717) is 0 Å². The molecular weight excluding hydrogens is 821 g/mol. The molecular formula is C67H50O. The highest BCUT2D eigenvalue weighted by atomic mass is 16.3. The number of rotatable bonds is 7. The van der Waals surface area contributed by atoms with Crippen LogP contribution in [0.3, 0.4) is 0 Å². The lowest BCUT2D eigenvalue weighted by Gasteiger charge is -2.24. The van der Waals surface area contributed by atoms with Gasteiger partial charge in [-0.2, -0.15) is 0 Å². The molecule has 10 aromatic carbocycles. The van der Waals surface area contributed by atoms with Gasteiger partial charge >= 0.3 is 0 Å². The Hall–Kier alpha value is -8.00. The lowest BCUT2D eigenvalue weighted by Crippen LogP contribution is -2.15. The van der Waals surface area contributed by atoms with Crippen molar-refractivity contribution < 1.29 is 4.42 Å². The van der Waals surface area contributed by atoms with E-state index in [1.165, 1.54) is 105 Å². The van der Waals surface area contributed by atoms with Gasteiger partial charge in [0.05, 0.1) is 0 Å². The molecule has 1 aromatic heterocycles. The molecule has 0 aliphatic heterocycles. The van der Waals surface area contributed by atoms with Crippen LogP contribution in [-0.2, 0) is 10.8 Å². The van der Waals surface area contributed by atoms with E-state index in [4.69, 9.17) is 4.42 Å². The maximum absolute atomic E-state index is 6.30. The number of fused-ring (bicyclic) bond motifs is 10. The number of para-hydroxylation sites is 1. The van der Waals surface area contributed by atoms with E-state index in [2.05, 4.69) is 240 Å². The van der Waals surface area contributed by atoms with Crippen molar-refractivity contribution in [3.05, 3.63) is 257 Å². The topological polar surface area (TPSA) is 13.1 Å². The summed E-state index contributed by atoms with van der Waals surface area (Å²) in [7, 11) is 0. The van der Waals surface area contributed by atoms with Crippen molar-refractivity contribution in [2.45, 2.75) is 44.4 Å². The van der Waals surface area contributed by atoms with Crippen LogP contribution in [-0.4, -0.2) is 0 Å². The summed E-state index contributed by atoms with van der Waals surface area (Å²) in [5, 5.41) is 4.83. The van der Waals surface area contributed by atoms with E-state index < -0.39 is 0 Å². The molecule has 0 fully saturated rings. The second kappa shape index (κ2) is 15.3. The fraction of sp³-hybridized carbons (Fsp3) is 0.104. The average molecular weight is 871 g/mol. The minimum atomic E-state index is -0.174. The van der Waals surface area contributed by atoms with Crippen LogP contribution in [0.1, 0.15) is 72.6 Å². The highest BCUT2D eigenvalue weighted by Crippen LogP contribution is 2.52.